The fourth-order valence-corrected chi connectivity index (χ4v) is 0.934. The Morgan fingerprint density at radius 1 is 1.33 bits per heavy atom. The standard InChI is InChI=1S/C8H7F4NO2/c1-15-13(14)7-4-5(8(10,11)12)2-3-6(7)9/h2-4,14H,1H3. The summed E-state index contributed by atoms with van der Waals surface area (Å²) in [5.74, 6) is -1.02. The van der Waals surface area contributed by atoms with Crippen LogP contribution in [-0.2, 0) is 11.0 Å². The monoisotopic (exact) mass is 225 g/mol. The van der Waals surface area contributed by atoms with Crippen LogP contribution in [0.5, 0.6) is 0 Å². The van der Waals surface area contributed by atoms with Gasteiger partial charge in [-0.05, 0) is 18.2 Å². The van der Waals surface area contributed by atoms with Gasteiger partial charge in [-0.1, -0.05) is 0 Å². The zero-order valence-electron chi connectivity index (χ0n) is 7.55. The molecule has 1 aromatic rings. The molecule has 0 unspecified atom stereocenters. The van der Waals surface area contributed by atoms with Crippen LogP contribution in [0.2, 0.25) is 0 Å². The van der Waals surface area contributed by atoms with E-state index in [0.29, 0.717) is 18.2 Å². The molecule has 0 aliphatic rings. The van der Waals surface area contributed by atoms with Crippen molar-refractivity contribution in [1.29, 1.82) is 0 Å². The van der Waals surface area contributed by atoms with Gasteiger partial charge in [0, 0.05) is 0 Å². The molecule has 15 heavy (non-hydrogen) atoms. The second kappa shape index (κ2) is 4.03. The molecular formula is C8H7F4NO2. The predicted molar refractivity (Wildman–Crippen MR) is 42.7 cm³/mol. The fraction of sp³-hybridized carbons (Fsp3) is 0.250. The lowest BCUT2D eigenvalue weighted by Gasteiger charge is -2.15. The minimum atomic E-state index is -4.60. The molecule has 0 fully saturated rings. The normalized spacial score (nSPS) is 11.6. The van der Waals surface area contributed by atoms with E-state index in [-0.39, 0.29) is 5.23 Å². The third kappa shape index (κ3) is 2.57. The quantitative estimate of drug-likeness (QED) is 0.620. The number of alkyl halides is 3. The van der Waals surface area contributed by atoms with E-state index in [4.69, 9.17) is 5.21 Å². The van der Waals surface area contributed by atoms with Crippen LogP contribution in [0.15, 0.2) is 18.2 Å². The first-order valence-corrected chi connectivity index (χ1v) is 3.76. The topological polar surface area (TPSA) is 32.7 Å². The molecule has 0 saturated heterocycles. The van der Waals surface area contributed by atoms with Gasteiger partial charge in [0.25, 0.3) is 0 Å². The summed E-state index contributed by atoms with van der Waals surface area (Å²) in [7, 11) is 0.986. The molecule has 84 valence electrons. The van der Waals surface area contributed by atoms with Crippen LogP contribution in [0.4, 0.5) is 23.2 Å². The molecule has 0 atom stereocenters. The van der Waals surface area contributed by atoms with Crippen LogP contribution < -0.4 is 5.23 Å². The Labute approximate surface area is 82.4 Å². The average molecular weight is 225 g/mol. The first-order valence-electron chi connectivity index (χ1n) is 3.76. The van der Waals surface area contributed by atoms with Gasteiger partial charge in [-0.15, -0.1) is 5.23 Å². The largest absolute Gasteiger partial charge is 0.416 e. The highest BCUT2D eigenvalue weighted by molar-refractivity contribution is 5.46. The maximum Gasteiger partial charge on any atom is 0.416 e. The van der Waals surface area contributed by atoms with Gasteiger partial charge in [0.1, 0.15) is 5.69 Å². The van der Waals surface area contributed by atoms with Gasteiger partial charge in [-0.2, -0.15) is 13.2 Å². The molecule has 0 saturated carbocycles. The number of benzene rings is 1. The molecule has 0 aromatic heterocycles. The van der Waals surface area contributed by atoms with Crippen LogP contribution in [0, 0.1) is 5.82 Å². The third-order valence-corrected chi connectivity index (χ3v) is 1.65. The molecule has 7 heteroatoms. The van der Waals surface area contributed by atoms with Crippen LogP contribution >= 0.6 is 0 Å². The van der Waals surface area contributed by atoms with E-state index in [1.807, 2.05) is 0 Å². The Hall–Kier alpha value is -1.34. The van der Waals surface area contributed by atoms with E-state index in [2.05, 4.69) is 4.84 Å². The number of halogens is 4. The van der Waals surface area contributed by atoms with Gasteiger partial charge >= 0.3 is 6.18 Å². The molecule has 1 rings (SSSR count). The third-order valence-electron chi connectivity index (χ3n) is 1.65. The summed E-state index contributed by atoms with van der Waals surface area (Å²) < 4.78 is 49.6. The zero-order chi connectivity index (χ0) is 11.6. The summed E-state index contributed by atoms with van der Waals surface area (Å²) in [6, 6.07) is 1.61. The summed E-state index contributed by atoms with van der Waals surface area (Å²) in [5, 5.41) is 8.83. The van der Waals surface area contributed by atoms with E-state index in [1.54, 1.807) is 0 Å². The lowest BCUT2D eigenvalue weighted by Crippen LogP contribution is -2.18. The molecule has 3 nitrogen and oxygen atoms in total. The van der Waals surface area contributed by atoms with Crippen LogP contribution in [0.25, 0.3) is 0 Å². The predicted octanol–water partition coefficient (Wildman–Crippen LogP) is 2.60. The first-order chi connectivity index (χ1) is 6.86. The van der Waals surface area contributed by atoms with Crippen molar-refractivity contribution >= 4 is 5.69 Å². The van der Waals surface area contributed by atoms with Crippen molar-refractivity contribution in [2.24, 2.45) is 0 Å². The Balaban J connectivity index is 3.17. The molecule has 0 amide bonds. The Morgan fingerprint density at radius 3 is 2.40 bits per heavy atom. The van der Waals surface area contributed by atoms with E-state index >= 15 is 0 Å². The number of hydrogen-bond acceptors (Lipinski definition) is 3. The van der Waals surface area contributed by atoms with E-state index in [1.165, 1.54) is 0 Å². The highest BCUT2D eigenvalue weighted by Crippen LogP contribution is 2.32. The fourth-order valence-electron chi connectivity index (χ4n) is 0.934. The Morgan fingerprint density at radius 2 is 1.93 bits per heavy atom. The molecule has 0 aliphatic heterocycles. The molecule has 1 N–H and O–H groups in total. The highest BCUT2D eigenvalue weighted by Gasteiger charge is 2.31. The van der Waals surface area contributed by atoms with Gasteiger partial charge in [0.2, 0.25) is 0 Å². The Kier molecular flexibility index (Phi) is 3.15. The van der Waals surface area contributed by atoms with Crippen LogP contribution in [-0.4, -0.2) is 12.3 Å². The molecular weight excluding hydrogens is 218 g/mol. The van der Waals surface area contributed by atoms with Gasteiger partial charge in [-0.3, -0.25) is 10.0 Å². The van der Waals surface area contributed by atoms with Gasteiger partial charge in [0.05, 0.1) is 12.7 Å². The van der Waals surface area contributed by atoms with E-state index < -0.39 is 23.2 Å². The first kappa shape index (κ1) is 11.7. The van der Waals surface area contributed by atoms with Crippen molar-refractivity contribution in [3.05, 3.63) is 29.6 Å². The second-order valence-corrected chi connectivity index (χ2v) is 2.62. The lowest BCUT2D eigenvalue weighted by molar-refractivity contribution is -0.137. The summed E-state index contributed by atoms with van der Waals surface area (Å²) in [4.78, 5) is 4.17. The Bertz CT molecular complexity index is 353. The van der Waals surface area contributed by atoms with Gasteiger partial charge < -0.3 is 0 Å². The lowest BCUT2D eigenvalue weighted by atomic mass is 10.2. The summed E-state index contributed by atoms with van der Waals surface area (Å²) in [6.45, 7) is 0. The SMILES string of the molecule is CON(O)c1cc(C(F)(F)F)ccc1F. The smallest absolute Gasteiger partial charge is 0.264 e. The van der Waals surface area contributed by atoms with Crippen LogP contribution in [0.1, 0.15) is 5.56 Å². The van der Waals surface area contributed by atoms with Crippen molar-refractivity contribution in [3.63, 3.8) is 0 Å². The number of rotatable bonds is 2. The maximum absolute atomic E-state index is 12.9. The summed E-state index contributed by atoms with van der Waals surface area (Å²) in [6.07, 6.45) is -4.60. The number of nitrogens with zero attached hydrogens (tertiary/aromatic N) is 1. The molecule has 0 heterocycles. The second-order valence-electron chi connectivity index (χ2n) is 2.62. The van der Waals surface area contributed by atoms with Crippen molar-refractivity contribution < 1.29 is 27.6 Å². The molecule has 0 bridgehead atoms. The molecule has 1 aromatic carbocycles. The van der Waals surface area contributed by atoms with Crippen LogP contribution in [0.3, 0.4) is 0 Å². The highest BCUT2D eigenvalue weighted by atomic mass is 19.4. The average Bonchev–Trinajstić information content (AvgIpc) is 2.15. The van der Waals surface area contributed by atoms with Gasteiger partial charge in [-0.25, -0.2) is 4.39 Å². The van der Waals surface area contributed by atoms with E-state index in [9.17, 15) is 17.6 Å². The molecule has 0 aliphatic carbocycles. The maximum atomic E-state index is 12.9. The zero-order valence-corrected chi connectivity index (χ0v) is 7.55. The van der Waals surface area contributed by atoms with Gasteiger partial charge in [0.15, 0.2) is 5.82 Å². The van der Waals surface area contributed by atoms with Crippen molar-refractivity contribution in [3.8, 4) is 0 Å². The number of anilines is 1. The molecule has 0 radical (unpaired) electrons. The minimum absolute atomic E-state index is 0.0788. The van der Waals surface area contributed by atoms with Crippen molar-refractivity contribution in [2.45, 2.75) is 6.18 Å². The summed E-state index contributed by atoms with van der Waals surface area (Å²) >= 11 is 0. The summed E-state index contributed by atoms with van der Waals surface area (Å²) in [5.41, 5.74) is -1.78. The number of hydrogen-bond donors (Lipinski definition) is 1. The molecule has 0 spiro atoms. The van der Waals surface area contributed by atoms with E-state index in [0.717, 1.165) is 7.11 Å². The van der Waals surface area contributed by atoms with Crippen molar-refractivity contribution in [2.75, 3.05) is 12.3 Å². The van der Waals surface area contributed by atoms with Crippen molar-refractivity contribution in [1.82, 2.24) is 0 Å². The minimum Gasteiger partial charge on any atom is -0.264 e.